The molecule has 2 aromatic heterocycles. The van der Waals surface area contributed by atoms with Crippen LogP contribution in [0.15, 0.2) is 41.5 Å². The van der Waals surface area contributed by atoms with E-state index in [1.165, 1.54) is 6.20 Å². The first-order valence-electron chi connectivity index (χ1n) is 5.81. The third kappa shape index (κ3) is 3.24. The summed E-state index contributed by atoms with van der Waals surface area (Å²) >= 11 is 0. The highest BCUT2D eigenvalue weighted by Crippen LogP contribution is 2.28. The number of nitrogens with two attached hydrogens (primary N) is 1. The lowest BCUT2D eigenvalue weighted by molar-refractivity contribution is -0.138. The average molecular weight is 283 g/mol. The van der Waals surface area contributed by atoms with Crippen molar-refractivity contribution in [1.29, 1.82) is 0 Å². The van der Waals surface area contributed by atoms with Gasteiger partial charge in [-0.15, -0.1) is 0 Å². The minimum Gasteiger partial charge on any atom is -0.325 e. The molecule has 4 nitrogen and oxygen atoms in total. The first kappa shape index (κ1) is 14.3. The van der Waals surface area contributed by atoms with E-state index in [2.05, 4.69) is 4.98 Å². The summed E-state index contributed by atoms with van der Waals surface area (Å²) in [6.45, 7) is 0.267. The van der Waals surface area contributed by atoms with Gasteiger partial charge in [0.2, 0.25) is 0 Å². The number of aromatic nitrogens is 2. The van der Waals surface area contributed by atoms with E-state index in [9.17, 15) is 18.0 Å². The molecular weight excluding hydrogens is 271 g/mol. The molecule has 0 bridgehead atoms. The lowest BCUT2D eigenvalue weighted by Crippen LogP contribution is -2.22. The van der Waals surface area contributed by atoms with Crippen LogP contribution in [0.2, 0.25) is 0 Å². The van der Waals surface area contributed by atoms with Crippen LogP contribution in [0.4, 0.5) is 13.2 Å². The third-order valence-electron chi connectivity index (χ3n) is 2.75. The Kier molecular flexibility index (Phi) is 3.89. The van der Waals surface area contributed by atoms with Crippen LogP contribution < -0.4 is 11.3 Å². The summed E-state index contributed by atoms with van der Waals surface area (Å²) in [5.41, 5.74) is 5.37. The van der Waals surface area contributed by atoms with Crippen molar-refractivity contribution in [2.75, 3.05) is 0 Å². The number of pyridine rings is 2. The molecule has 0 aliphatic carbocycles. The molecule has 2 rings (SSSR count). The molecule has 7 heteroatoms. The van der Waals surface area contributed by atoms with Crippen LogP contribution in [-0.4, -0.2) is 9.55 Å². The Morgan fingerprint density at radius 2 is 2.00 bits per heavy atom. The molecule has 0 saturated heterocycles. The second kappa shape index (κ2) is 5.46. The molecule has 0 unspecified atom stereocenters. The third-order valence-corrected chi connectivity index (χ3v) is 2.75. The Balaban J connectivity index is 2.35. The number of hydrogen-bond donors (Lipinski definition) is 1. The quantitative estimate of drug-likeness (QED) is 0.933. The summed E-state index contributed by atoms with van der Waals surface area (Å²) in [5.74, 6) is 0. The Morgan fingerprint density at radius 1 is 1.25 bits per heavy atom. The second-order valence-electron chi connectivity index (χ2n) is 4.24. The first-order valence-corrected chi connectivity index (χ1v) is 5.81. The summed E-state index contributed by atoms with van der Waals surface area (Å²) in [5, 5.41) is 0. The van der Waals surface area contributed by atoms with Crippen LogP contribution in [0, 0.1) is 0 Å². The number of hydrogen-bond acceptors (Lipinski definition) is 3. The SMILES string of the molecule is NCc1cc(Cn2cc(C(F)(F)F)ccc2=O)ccn1. The van der Waals surface area contributed by atoms with Crippen molar-refractivity contribution in [3.63, 3.8) is 0 Å². The molecule has 106 valence electrons. The second-order valence-corrected chi connectivity index (χ2v) is 4.24. The molecule has 0 saturated carbocycles. The van der Waals surface area contributed by atoms with Gasteiger partial charge in [0.15, 0.2) is 0 Å². The van der Waals surface area contributed by atoms with Crippen molar-refractivity contribution in [3.8, 4) is 0 Å². The molecule has 0 aliphatic rings. The molecule has 20 heavy (non-hydrogen) atoms. The van der Waals surface area contributed by atoms with E-state index < -0.39 is 17.3 Å². The van der Waals surface area contributed by atoms with Gasteiger partial charge in [0.1, 0.15) is 0 Å². The standard InChI is InChI=1S/C13H12F3N3O/c14-13(15,16)10-1-2-12(20)19(8-10)7-9-3-4-18-11(5-9)6-17/h1-5,8H,6-7,17H2. The number of nitrogens with zero attached hydrogens (tertiary/aromatic N) is 2. The van der Waals surface area contributed by atoms with E-state index in [1.807, 2.05) is 0 Å². The van der Waals surface area contributed by atoms with E-state index in [4.69, 9.17) is 5.73 Å². The zero-order valence-electron chi connectivity index (χ0n) is 10.4. The topological polar surface area (TPSA) is 60.9 Å². The summed E-state index contributed by atoms with van der Waals surface area (Å²) < 4.78 is 38.9. The number of halogens is 3. The predicted molar refractivity (Wildman–Crippen MR) is 66.9 cm³/mol. The molecule has 2 heterocycles. The highest BCUT2D eigenvalue weighted by molar-refractivity contribution is 5.19. The fourth-order valence-electron chi connectivity index (χ4n) is 1.76. The zero-order chi connectivity index (χ0) is 14.8. The molecular formula is C13H12F3N3O. The fraction of sp³-hybridized carbons (Fsp3) is 0.231. The highest BCUT2D eigenvalue weighted by Gasteiger charge is 2.31. The van der Waals surface area contributed by atoms with E-state index in [0.29, 0.717) is 11.3 Å². The van der Waals surface area contributed by atoms with Gasteiger partial charge in [-0.05, 0) is 23.8 Å². The van der Waals surface area contributed by atoms with Crippen molar-refractivity contribution in [2.45, 2.75) is 19.3 Å². The minimum absolute atomic E-state index is 0.0400. The van der Waals surface area contributed by atoms with Crippen molar-refractivity contribution in [2.24, 2.45) is 5.73 Å². The van der Waals surface area contributed by atoms with E-state index in [-0.39, 0.29) is 13.1 Å². The van der Waals surface area contributed by atoms with Gasteiger partial charge in [-0.25, -0.2) is 0 Å². The zero-order valence-corrected chi connectivity index (χ0v) is 10.4. The van der Waals surface area contributed by atoms with Gasteiger partial charge in [-0.3, -0.25) is 9.78 Å². The smallest absolute Gasteiger partial charge is 0.325 e. The number of alkyl halides is 3. The Morgan fingerprint density at radius 3 is 2.65 bits per heavy atom. The van der Waals surface area contributed by atoms with Crippen LogP contribution in [0.1, 0.15) is 16.8 Å². The van der Waals surface area contributed by atoms with Crippen LogP contribution >= 0.6 is 0 Å². The maximum Gasteiger partial charge on any atom is 0.417 e. The molecule has 0 spiro atoms. The predicted octanol–water partition coefficient (Wildman–Crippen LogP) is 1.77. The van der Waals surface area contributed by atoms with Gasteiger partial charge in [-0.2, -0.15) is 13.2 Å². The normalized spacial score (nSPS) is 11.6. The van der Waals surface area contributed by atoms with Crippen LogP contribution in [0.5, 0.6) is 0 Å². The summed E-state index contributed by atoms with van der Waals surface area (Å²) in [7, 11) is 0. The Bertz CT molecular complexity index is 664. The van der Waals surface area contributed by atoms with Gasteiger partial charge in [-0.1, -0.05) is 0 Å². The van der Waals surface area contributed by atoms with Gasteiger partial charge >= 0.3 is 6.18 Å². The van der Waals surface area contributed by atoms with Gasteiger partial charge in [0.05, 0.1) is 17.8 Å². The van der Waals surface area contributed by atoms with Crippen molar-refractivity contribution in [1.82, 2.24) is 9.55 Å². The maximum absolute atomic E-state index is 12.6. The Labute approximate surface area is 112 Å². The average Bonchev–Trinajstić information content (AvgIpc) is 2.40. The molecule has 0 amide bonds. The molecule has 2 N–H and O–H groups in total. The van der Waals surface area contributed by atoms with Gasteiger partial charge in [0, 0.05) is 25.0 Å². The summed E-state index contributed by atoms with van der Waals surface area (Å²) in [4.78, 5) is 15.6. The fourth-order valence-corrected chi connectivity index (χ4v) is 1.76. The van der Waals surface area contributed by atoms with Crippen LogP contribution in [-0.2, 0) is 19.3 Å². The molecule has 0 aliphatic heterocycles. The van der Waals surface area contributed by atoms with Crippen molar-refractivity contribution in [3.05, 3.63) is 63.8 Å². The monoisotopic (exact) mass is 283 g/mol. The summed E-state index contributed by atoms with van der Waals surface area (Å²) in [6.07, 6.45) is -2.16. The van der Waals surface area contributed by atoms with E-state index in [1.54, 1.807) is 12.1 Å². The summed E-state index contributed by atoms with van der Waals surface area (Å²) in [6, 6.07) is 4.98. The van der Waals surface area contributed by atoms with Crippen LogP contribution in [0.25, 0.3) is 0 Å². The molecule has 0 aromatic carbocycles. The highest BCUT2D eigenvalue weighted by atomic mass is 19.4. The van der Waals surface area contributed by atoms with E-state index >= 15 is 0 Å². The molecule has 2 aromatic rings. The first-order chi connectivity index (χ1) is 9.40. The van der Waals surface area contributed by atoms with Crippen molar-refractivity contribution >= 4 is 0 Å². The Hall–Kier alpha value is -2.15. The molecule has 0 radical (unpaired) electrons. The van der Waals surface area contributed by atoms with Gasteiger partial charge < -0.3 is 10.3 Å². The lowest BCUT2D eigenvalue weighted by atomic mass is 10.2. The minimum atomic E-state index is -4.48. The largest absolute Gasteiger partial charge is 0.417 e. The van der Waals surface area contributed by atoms with Crippen LogP contribution in [0.3, 0.4) is 0 Å². The van der Waals surface area contributed by atoms with Gasteiger partial charge in [0.25, 0.3) is 5.56 Å². The number of rotatable bonds is 3. The maximum atomic E-state index is 12.6. The van der Waals surface area contributed by atoms with Crippen molar-refractivity contribution < 1.29 is 13.2 Å². The lowest BCUT2D eigenvalue weighted by Gasteiger charge is -2.11. The molecule has 0 fully saturated rings. The molecule has 0 atom stereocenters. The van der Waals surface area contributed by atoms with E-state index in [0.717, 1.165) is 22.9 Å².